The zero-order chi connectivity index (χ0) is 10.5. The third kappa shape index (κ3) is 1.12. The second-order valence-corrected chi connectivity index (χ2v) is 5.17. The average molecular weight is 223 g/mol. The molecule has 0 amide bonds. The summed E-state index contributed by atoms with van der Waals surface area (Å²) in [4.78, 5) is 15.2. The second-order valence-electron chi connectivity index (χ2n) is 3.37. The number of nitrogens with one attached hydrogen (secondary N) is 1. The van der Waals surface area contributed by atoms with Crippen LogP contribution in [0.2, 0.25) is 0 Å². The molecule has 6 nitrogen and oxygen atoms in total. The molecule has 76 valence electrons. The van der Waals surface area contributed by atoms with Crippen LogP contribution >= 0.6 is 7.80 Å². The van der Waals surface area contributed by atoms with Crippen molar-refractivity contribution < 1.29 is 9.30 Å². The molecule has 0 aromatic carbocycles. The highest BCUT2D eigenvalue weighted by Gasteiger charge is 2.74. The van der Waals surface area contributed by atoms with E-state index in [2.05, 4.69) is 19.9 Å². The first-order valence-corrected chi connectivity index (χ1v) is 5.87. The highest BCUT2D eigenvalue weighted by Crippen LogP contribution is 2.65. The molecule has 2 atom stereocenters. The van der Waals surface area contributed by atoms with Crippen molar-refractivity contribution in [2.45, 2.75) is 5.34 Å². The quantitative estimate of drug-likeness (QED) is 0.768. The Balaban J connectivity index is 2.16. The van der Waals surface area contributed by atoms with Crippen LogP contribution in [0.5, 0.6) is 0 Å². The molecule has 7 heteroatoms. The van der Waals surface area contributed by atoms with Gasteiger partial charge in [-0.3, -0.25) is 0 Å². The number of methoxy groups -OCH3 is 1. The minimum Gasteiger partial charge on any atom is -0.333 e. The molecule has 3 heterocycles. The van der Waals surface area contributed by atoms with Gasteiger partial charge in [-0.2, -0.15) is 0 Å². The van der Waals surface area contributed by atoms with E-state index in [-0.39, 0.29) is 0 Å². The van der Waals surface area contributed by atoms with Crippen molar-refractivity contribution in [2.24, 2.45) is 0 Å². The van der Waals surface area contributed by atoms with Crippen molar-refractivity contribution in [2.75, 3.05) is 13.3 Å². The van der Waals surface area contributed by atoms with E-state index in [1.807, 2.05) is 0 Å². The highest BCUT2D eigenvalue weighted by atomic mass is 31.1. The summed E-state index contributed by atoms with van der Waals surface area (Å²) in [6.45, 7) is 0. The van der Waals surface area contributed by atoms with Gasteiger partial charge in [0.05, 0.1) is 6.20 Å². The maximum atomic E-state index is 11.4. The van der Waals surface area contributed by atoms with Gasteiger partial charge in [-0.25, -0.2) is 15.0 Å². The van der Waals surface area contributed by atoms with Crippen LogP contribution in [0.25, 0.3) is 11.2 Å². The SMILES string of the molecule is COC1(c2nc3ncncc3[nH]2)C[P+]1=O. The van der Waals surface area contributed by atoms with Crippen LogP contribution in [0.15, 0.2) is 12.5 Å². The van der Waals surface area contributed by atoms with E-state index in [9.17, 15) is 4.57 Å². The van der Waals surface area contributed by atoms with Crippen molar-refractivity contribution in [3.8, 4) is 0 Å². The number of rotatable bonds is 2. The van der Waals surface area contributed by atoms with Crippen molar-refractivity contribution in [1.82, 2.24) is 19.9 Å². The summed E-state index contributed by atoms with van der Waals surface area (Å²) in [5, 5.41) is -0.712. The Hall–Kier alpha value is -1.39. The Morgan fingerprint density at radius 3 is 3.07 bits per heavy atom. The molecule has 0 spiro atoms. The molecule has 2 unspecified atom stereocenters. The standard InChI is InChI=1S/C8H8N4O2P/c1-14-8(3-15(8)13)7-11-5-2-9-4-10-6(5)12-7/h2,4H,3H2,1H3,(H,9,10,11,12)/q+1. The van der Waals surface area contributed by atoms with E-state index in [1.165, 1.54) is 6.33 Å². The molecule has 1 fully saturated rings. The van der Waals surface area contributed by atoms with Crippen LogP contribution < -0.4 is 0 Å². The smallest absolute Gasteiger partial charge is 0.333 e. The molecule has 2 aromatic rings. The van der Waals surface area contributed by atoms with Gasteiger partial charge in [0.1, 0.15) is 11.8 Å². The largest absolute Gasteiger partial charge is 0.395 e. The fourth-order valence-electron chi connectivity index (χ4n) is 1.56. The number of nitrogens with zero attached hydrogens (tertiary/aromatic N) is 3. The van der Waals surface area contributed by atoms with E-state index in [0.29, 0.717) is 17.6 Å². The molecule has 15 heavy (non-hydrogen) atoms. The molecule has 0 saturated carbocycles. The predicted molar refractivity (Wildman–Crippen MR) is 52.8 cm³/mol. The van der Waals surface area contributed by atoms with Gasteiger partial charge in [0.15, 0.2) is 11.5 Å². The lowest BCUT2D eigenvalue weighted by Crippen LogP contribution is -2.11. The second kappa shape index (κ2) is 2.81. The van der Waals surface area contributed by atoms with Crippen LogP contribution in [-0.4, -0.2) is 33.2 Å². The fourth-order valence-corrected chi connectivity index (χ4v) is 2.88. The van der Waals surface area contributed by atoms with Crippen molar-refractivity contribution >= 4 is 19.0 Å². The molecule has 2 aromatic heterocycles. The van der Waals surface area contributed by atoms with Crippen molar-refractivity contribution in [3.63, 3.8) is 0 Å². The Labute approximate surface area is 85.9 Å². The Bertz CT molecular complexity index is 521. The molecule has 1 aliphatic heterocycles. The molecule has 0 aliphatic carbocycles. The van der Waals surface area contributed by atoms with Gasteiger partial charge < -0.3 is 9.72 Å². The third-order valence-electron chi connectivity index (χ3n) is 2.53. The summed E-state index contributed by atoms with van der Waals surface area (Å²) in [7, 11) is 0.195. The molecule has 0 bridgehead atoms. The number of hydrogen-bond acceptors (Lipinski definition) is 5. The minimum absolute atomic E-state index is 0.520. The lowest BCUT2D eigenvalue weighted by molar-refractivity contribution is 0.105. The van der Waals surface area contributed by atoms with E-state index in [0.717, 1.165) is 5.52 Å². The Morgan fingerprint density at radius 1 is 1.67 bits per heavy atom. The summed E-state index contributed by atoms with van der Waals surface area (Å²) >= 11 is 0. The number of H-pyrrole nitrogens is 1. The number of imidazole rings is 1. The normalized spacial score (nSPS) is 27.1. The van der Waals surface area contributed by atoms with Gasteiger partial charge in [-0.05, 0) is 0 Å². The topological polar surface area (TPSA) is 80.8 Å². The molecule has 1 N–H and O–H groups in total. The lowest BCUT2D eigenvalue weighted by Gasteiger charge is -1.96. The first kappa shape index (κ1) is 8.88. The van der Waals surface area contributed by atoms with Gasteiger partial charge in [0, 0.05) is 7.11 Å². The summed E-state index contributed by atoms with van der Waals surface area (Å²) in [6.07, 6.45) is 3.59. The zero-order valence-electron chi connectivity index (χ0n) is 7.97. The number of ether oxygens (including phenoxy) is 1. The maximum Gasteiger partial charge on any atom is 0.395 e. The van der Waals surface area contributed by atoms with Crippen LogP contribution in [0.3, 0.4) is 0 Å². The molecular formula is C8H8N4O2P+. The maximum absolute atomic E-state index is 11.4. The third-order valence-corrected chi connectivity index (χ3v) is 4.24. The van der Waals surface area contributed by atoms with Gasteiger partial charge in [-0.15, -0.1) is 0 Å². The average Bonchev–Trinajstić information content (AvgIpc) is 2.75. The molecule has 1 aliphatic rings. The van der Waals surface area contributed by atoms with Crippen LogP contribution in [-0.2, 0) is 14.6 Å². The first-order chi connectivity index (χ1) is 7.26. The van der Waals surface area contributed by atoms with Crippen molar-refractivity contribution in [3.05, 3.63) is 18.3 Å². The number of hydrogen-bond donors (Lipinski definition) is 1. The van der Waals surface area contributed by atoms with Gasteiger partial charge >= 0.3 is 13.1 Å². The summed E-state index contributed by atoms with van der Waals surface area (Å²) < 4.78 is 16.7. The number of aromatic amines is 1. The summed E-state index contributed by atoms with van der Waals surface area (Å²) in [6, 6.07) is 0. The van der Waals surface area contributed by atoms with E-state index in [4.69, 9.17) is 4.74 Å². The fraction of sp³-hybridized carbons (Fsp3) is 0.375. The van der Waals surface area contributed by atoms with E-state index < -0.39 is 13.1 Å². The zero-order valence-corrected chi connectivity index (χ0v) is 8.86. The molecule has 1 saturated heterocycles. The Kier molecular flexibility index (Phi) is 1.66. The van der Waals surface area contributed by atoms with Crippen molar-refractivity contribution in [1.29, 1.82) is 0 Å². The molecule has 0 radical (unpaired) electrons. The minimum atomic E-state index is -1.35. The van der Waals surface area contributed by atoms with Crippen LogP contribution in [0.1, 0.15) is 5.82 Å². The number of fused-ring (bicyclic) bond motifs is 1. The number of aromatic nitrogens is 4. The Morgan fingerprint density at radius 2 is 2.47 bits per heavy atom. The van der Waals surface area contributed by atoms with Gasteiger partial charge in [0.2, 0.25) is 6.16 Å². The molecule has 3 rings (SSSR count). The van der Waals surface area contributed by atoms with E-state index in [1.54, 1.807) is 13.3 Å². The van der Waals surface area contributed by atoms with Gasteiger partial charge in [0.25, 0.3) is 0 Å². The monoisotopic (exact) mass is 223 g/mol. The van der Waals surface area contributed by atoms with Crippen LogP contribution in [0, 0.1) is 0 Å². The highest BCUT2D eigenvalue weighted by molar-refractivity contribution is 7.54. The molecular weight excluding hydrogens is 215 g/mol. The predicted octanol–water partition coefficient (Wildman–Crippen LogP) is 0.993. The summed E-state index contributed by atoms with van der Waals surface area (Å²) in [5.74, 6) is 0.585. The summed E-state index contributed by atoms with van der Waals surface area (Å²) in [5.41, 5.74) is 1.31. The van der Waals surface area contributed by atoms with Crippen LogP contribution in [0.4, 0.5) is 0 Å². The lowest BCUT2D eigenvalue weighted by atomic mass is 10.4. The van der Waals surface area contributed by atoms with Gasteiger partial charge in [-0.1, -0.05) is 4.57 Å². The van der Waals surface area contributed by atoms with E-state index >= 15 is 0 Å². The first-order valence-electron chi connectivity index (χ1n) is 4.42.